The standard InChI is InChI=1S/C20H24N2O6.C12H18O2.C10H14O2.C10H10O2.C7H11O.C6H9O.C4H5O.C3H3O.2C2H5.14Y/c1-3-13(15(23)9-11-21-17(25)5-6-18(21)26)14(4-2)16(24)10-12-22-19(27)7-8-20(22)28;1-5-7-11(13)9(3)10(4)12(14)8-6-2;2*1-5-9(11)7(3)8(4)10(12)6-2;1-3-5-7(8)6-4-2;1-3-5-6(7)4-2;1-2-3-4-5;1-2-3-4;2*1-2;;;;;;;;;;;;;;/h5-8,13-14H,3-4,9-12H2,1-2H3;5-10H,1-4H3;5-8H,1-2H2,3-4H3;1-2,7-8H,3-4H3;3,5-6H,4H2,1-2H3;4-5H,2-3H2,1H3;2-3H,1H3;2H,1H2;2*1H2,2H3;;;;;;;;;;;;;;/q;;;;6*-1;;;;;;;;;;;;;2*+3/b;7-5+,8-6+;;;5-3+;;3-2+;;;;;;;;;;;;;;;;;/t13-,14?;9-,10?;2*7-,8?;;;;;;;;;;;;;;;;;;;;/m0000..................../s1. The average Bonchev–Trinajstić information content (AvgIpc) is 1.61. The number of nitrogens with zero attached hydrogens (tertiary/aromatic N) is 2. The maximum atomic E-state index is 12.7. The van der Waals surface area contributed by atoms with Gasteiger partial charge in [0, 0.05) is 502 Å². The minimum Gasteiger partial charge on any atom is -0.419 e. The number of Topliss-reactive ketones (excluding diaryl/α,β-unsaturated/α-hetero) is 4. The van der Waals surface area contributed by atoms with Gasteiger partial charge in [0.2, 0.25) is 11.6 Å². The van der Waals surface area contributed by atoms with Gasteiger partial charge >= 0.3 is 65.4 Å². The van der Waals surface area contributed by atoms with Crippen LogP contribution in [-0.4, -0.2) is 117 Å². The molecule has 108 heavy (non-hydrogen) atoms. The fraction of sp³-hybridized carbons (Fsp3) is 0.421. The van der Waals surface area contributed by atoms with E-state index in [1.54, 1.807) is 126 Å². The fourth-order valence-electron chi connectivity index (χ4n) is 7.08. The first-order valence-electron chi connectivity index (χ1n) is 30.5. The average molecular weight is 2550 g/mol. The van der Waals surface area contributed by atoms with Crippen molar-refractivity contribution in [3.8, 4) is 24.7 Å². The normalized spacial score (nSPS) is 11.9. The van der Waals surface area contributed by atoms with E-state index in [0.717, 1.165) is 53.0 Å². The Kier molecular flexibility index (Phi) is 194. The number of terminal acetylenes is 2. The van der Waals surface area contributed by atoms with E-state index in [4.69, 9.17) is 17.6 Å². The minimum absolute atomic E-state index is 0. The smallest absolute Gasteiger partial charge is 0.419 e. The Balaban J connectivity index is -0.0000000407. The SMILES string of the molecule is C#CC(=O)C(C)[C@H](C)C(=O)C#C.C/C=C/C(=O)C(C)[C@H](C)C(=O)/C=C/C.C/C=C/C(=O)[CH-]CC.C/C=C/[C-]=O.C=CC(=O)C(C)[C@H](C)C(=O)C=C.C=CC(=O)[CH-]CC.C=C[C-]=O.CCC(C(=O)CCN1C(=O)C=CC1=O)[C@H](CC)C(=O)CCN1C(=O)C=CC1=O.[CH2-]C.[CH2-]C.[Y+3].[Y+3].[Y].[Y].[Y].[Y].[Y].[Y].[Y].[Y].[Y].[Y].[Y].[Y]. The first-order chi connectivity index (χ1) is 44.4. The van der Waals surface area contributed by atoms with E-state index in [9.17, 15) is 71.9 Å². The van der Waals surface area contributed by atoms with Crippen molar-refractivity contribution in [2.45, 2.75) is 149 Å². The second-order valence-electron chi connectivity index (χ2n) is 19.2. The monoisotopic (exact) mass is 2550 g/mol. The largest absolute Gasteiger partial charge is 3.00 e. The van der Waals surface area contributed by atoms with Crippen LogP contribution in [0.2, 0.25) is 0 Å². The molecule has 4 amide bonds. The van der Waals surface area contributed by atoms with E-state index < -0.39 is 47.3 Å². The van der Waals surface area contributed by atoms with Gasteiger partial charge in [0.25, 0.3) is 23.6 Å². The van der Waals surface area contributed by atoms with Crippen LogP contribution in [0.1, 0.15) is 149 Å². The molecule has 0 aromatic carbocycles. The predicted molar refractivity (Wildman–Crippen MR) is 374 cm³/mol. The number of rotatable bonds is 32. The molecule has 12 radical (unpaired) electrons. The molecule has 0 fully saturated rings. The zero-order valence-electron chi connectivity index (χ0n) is 66.6. The van der Waals surface area contributed by atoms with Crippen molar-refractivity contribution in [2.24, 2.45) is 47.3 Å². The Hall–Kier alpha value is 6.03. The fourth-order valence-corrected chi connectivity index (χ4v) is 7.08. The molecule has 32 heteroatoms. The van der Waals surface area contributed by atoms with Gasteiger partial charge < -0.3 is 33.0 Å². The van der Waals surface area contributed by atoms with Gasteiger partial charge in [-0.05, 0) is 75.4 Å². The van der Waals surface area contributed by atoms with E-state index in [0.29, 0.717) is 12.8 Å². The molecule has 2 aliphatic rings. The maximum Gasteiger partial charge on any atom is 3.00 e. The van der Waals surface area contributed by atoms with Crippen LogP contribution < -0.4 is 0 Å². The number of carbonyl (C=O) groups is 14. The molecule has 18 nitrogen and oxygen atoms in total. The molecular formula is C76H104N2O16Y14. The van der Waals surface area contributed by atoms with Crippen LogP contribution in [0, 0.1) is 98.7 Å². The van der Waals surface area contributed by atoms with Crippen molar-refractivity contribution in [2.75, 3.05) is 13.1 Å². The predicted octanol–water partition coefficient (Wildman–Crippen LogP) is 11.5. The Morgan fingerprint density at radius 2 is 0.685 bits per heavy atom. The van der Waals surface area contributed by atoms with Gasteiger partial charge in [-0.1, -0.05) is 101 Å². The van der Waals surface area contributed by atoms with E-state index in [1.807, 2.05) is 46.5 Å². The zero-order valence-corrected chi connectivity index (χ0v) is 106. The molecule has 2 aliphatic heterocycles. The summed E-state index contributed by atoms with van der Waals surface area (Å²) in [5, 5.41) is 0. The molecule has 2 heterocycles. The van der Waals surface area contributed by atoms with Crippen LogP contribution in [0.15, 0.2) is 124 Å². The second kappa shape index (κ2) is 122. The van der Waals surface area contributed by atoms with Crippen molar-refractivity contribution >= 4 is 94.0 Å². The van der Waals surface area contributed by atoms with Crippen molar-refractivity contribution in [1.29, 1.82) is 0 Å². The topological polar surface area (TPSA) is 280 Å². The molecule has 4 unspecified atom stereocenters. The number of hydrogen-bond acceptors (Lipinski definition) is 16. The zero-order chi connectivity index (χ0) is 75.1. The molecule has 0 aromatic heterocycles. The number of allylic oxidation sites excluding steroid dienone is 12. The summed E-state index contributed by atoms with van der Waals surface area (Å²) in [6.45, 7) is 47.9. The van der Waals surface area contributed by atoms with Crippen LogP contribution in [0.5, 0.6) is 0 Å². The molecule has 0 bridgehead atoms. The number of carbonyl (C=O) groups excluding carboxylic acids is 16. The quantitative estimate of drug-likeness (QED) is 0.0199. The molecule has 0 aliphatic carbocycles. The van der Waals surface area contributed by atoms with Crippen molar-refractivity contribution < 1.29 is 535 Å². The summed E-state index contributed by atoms with van der Waals surface area (Å²) in [7, 11) is 0. The van der Waals surface area contributed by atoms with Gasteiger partial charge in [-0.2, -0.15) is 57.6 Å². The Bertz CT molecular complexity index is 2610. The van der Waals surface area contributed by atoms with Gasteiger partial charge in [0.15, 0.2) is 23.1 Å². The molecular weight excluding hydrogens is 2440 g/mol. The van der Waals surface area contributed by atoms with Crippen LogP contribution >= 0.6 is 0 Å². The van der Waals surface area contributed by atoms with Crippen LogP contribution in [0.4, 0.5) is 0 Å². The van der Waals surface area contributed by atoms with E-state index in [-0.39, 0.29) is 565 Å². The number of ketones is 10. The van der Waals surface area contributed by atoms with E-state index in [1.165, 1.54) is 42.7 Å². The third kappa shape index (κ3) is 92.7. The van der Waals surface area contributed by atoms with Crippen LogP contribution in [-0.2, 0) is 535 Å². The molecule has 8 atom stereocenters. The Labute approximate surface area is 1000 Å². The molecule has 0 aromatic rings. The maximum absolute atomic E-state index is 12.7. The van der Waals surface area contributed by atoms with Crippen molar-refractivity contribution in [3.63, 3.8) is 0 Å². The molecule has 2 rings (SSSR count). The first-order valence-corrected chi connectivity index (χ1v) is 30.5. The van der Waals surface area contributed by atoms with E-state index >= 15 is 0 Å². The first kappa shape index (κ1) is 172. The van der Waals surface area contributed by atoms with Gasteiger partial charge in [0.1, 0.15) is 11.6 Å². The Morgan fingerprint density at radius 3 is 0.852 bits per heavy atom. The van der Waals surface area contributed by atoms with Gasteiger partial charge in [0.05, 0.1) is 0 Å². The van der Waals surface area contributed by atoms with Gasteiger partial charge in [-0.25, -0.2) is 18.7 Å². The number of hydrogen-bond donors (Lipinski definition) is 0. The van der Waals surface area contributed by atoms with Gasteiger partial charge in [-0.15, -0.1) is 32.6 Å². The number of imide groups is 2. The summed E-state index contributed by atoms with van der Waals surface area (Å²) >= 11 is 0. The summed E-state index contributed by atoms with van der Waals surface area (Å²) in [4.78, 5) is 179. The van der Waals surface area contributed by atoms with Crippen LogP contribution in [0.25, 0.3) is 0 Å². The van der Waals surface area contributed by atoms with Crippen LogP contribution in [0.3, 0.4) is 0 Å². The second-order valence-corrected chi connectivity index (χ2v) is 19.2. The molecule has 0 saturated carbocycles. The van der Waals surface area contributed by atoms with Gasteiger partial charge in [-0.3, -0.25) is 67.3 Å². The molecule has 0 spiro atoms. The summed E-state index contributed by atoms with van der Waals surface area (Å²) in [5.41, 5.74) is 0. The summed E-state index contributed by atoms with van der Waals surface area (Å²) in [5.74, 6) is -2.11. The summed E-state index contributed by atoms with van der Waals surface area (Å²) in [6, 6.07) is 0. The third-order valence-corrected chi connectivity index (χ3v) is 13.0. The summed E-state index contributed by atoms with van der Waals surface area (Å²) in [6.07, 6.45) is 40.8. The molecule has 0 saturated heterocycles. The van der Waals surface area contributed by atoms with E-state index in [2.05, 4.69) is 40.2 Å². The minimum atomic E-state index is -0.527. The summed E-state index contributed by atoms with van der Waals surface area (Å²) < 4.78 is 0. The molecule has 0 N–H and O–H groups in total. The Morgan fingerprint density at radius 1 is 0.435 bits per heavy atom. The molecule has 556 valence electrons. The van der Waals surface area contributed by atoms with Crippen molar-refractivity contribution in [1.82, 2.24) is 9.80 Å². The number of amides is 4. The third-order valence-electron chi connectivity index (χ3n) is 13.0. The van der Waals surface area contributed by atoms with Crippen molar-refractivity contribution in [3.05, 3.63) is 150 Å².